The molecule has 1 aliphatic rings. The zero-order valence-corrected chi connectivity index (χ0v) is 9.66. The maximum Gasteiger partial charge on any atom is 0.122 e. The smallest absolute Gasteiger partial charge is 0.122 e. The molecule has 0 radical (unpaired) electrons. The summed E-state index contributed by atoms with van der Waals surface area (Å²) in [7, 11) is 0. The Balaban J connectivity index is 2.29. The lowest BCUT2D eigenvalue weighted by atomic mass is 9.92. The van der Waals surface area contributed by atoms with Crippen LogP contribution in [0.4, 0.5) is 5.82 Å². The van der Waals surface area contributed by atoms with Crippen molar-refractivity contribution in [3.8, 4) is 0 Å². The number of hydrogen-bond acceptors (Lipinski definition) is 3. The van der Waals surface area contributed by atoms with Crippen LogP contribution < -0.4 is 5.73 Å². The van der Waals surface area contributed by atoms with Gasteiger partial charge < -0.3 is 10.5 Å². The molecular formula is C11H19N3O. The van der Waals surface area contributed by atoms with Crippen LogP contribution in [-0.4, -0.2) is 23.0 Å². The van der Waals surface area contributed by atoms with E-state index in [1.54, 1.807) is 0 Å². The van der Waals surface area contributed by atoms with Crippen molar-refractivity contribution in [2.75, 3.05) is 18.9 Å². The topological polar surface area (TPSA) is 53.1 Å². The van der Waals surface area contributed by atoms with Crippen molar-refractivity contribution in [1.29, 1.82) is 0 Å². The van der Waals surface area contributed by atoms with E-state index in [9.17, 15) is 0 Å². The van der Waals surface area contributed by atoms with Gasteiger partial charge in [0, 0.05) is 18.1 Å². The van der Waals surface area contributed by atoms with Gasteiger partial charge in [-0.1, -0.05) is 20.8 Å². The van der Waals surface area contributed by atoms with Gasteiger partial charge in [0.2, 0.25) is 0 Å². The van der Waals surface area contributed by atoms with Gasteiger partial charge in [-0.2, -0.15) is 5.10 Å². The highest BCUT2D eigenvalue weighted by molar-refractivity contribution is 5.34. The monoisotopic (exact) mass is 209 g/mol. The molecule has 0 bridgehead atoms. The van der Waals surface area contributed by atoms with Gasteiger partial charge in [-0.25, -0.2) is 4.68 Å². The highest BCUT2D eigenvalue weighted by atomic mass is 16.5. The van der Waals surface area contributed by atoms with Crippen molar-refractivity contribution in [2.24, 2.45) is 0 Å². The predicted molar refractivity (Wildman–Crippen MR) is 59.8 cm³/mol. The minimum absolute atomic E-state index is 0.0544. The van der Waals surface area contributed by atoms with E-state index in [0.717, 1.165) is 31.1 Å². The van der Waals surface area contributed by atoms with E-state index in [2.05, 4.69) is 25.9 Å². The Bertz CT molecular complexity index is 345. The average Bonchev–Trinajstić information content (AvgIpc) is 2.69. The Hall–Kier alpha value is -1.03. The molecule has 0 unspecified atom stereocenters. The summed E-state index contributed by atoms with van der Waals surface area (Å²) < 4.78 is 7.26. The number of aromatic nitrogens is 2. The molecule has 0 saturated carbocycles. The van der Waals surface area contributed by atoms with Crippen molar-refractivity contribution in [2.45, 2.75) is 38.6 Å². The lowest BCUT2D eigenvalue weighted by molar-refractivity contribution is 0.184. The van der Waals surface area contributed by atoms with Crippen molar-refractivity contribution < 1.29 is 4.74 Å². The maximum absolute atomic E-state index is 5.96. The molecule has 0 amide bonds. The number of ether oxygens (including phenoxy) is 1. The molecule has 0 aliphatic carbocycles. The summed E-state index contributed by atoms with van der Waals surface area (Å²) in [6, 6.07) is 2.29. The van der Waals surface area contributed by atoms with Crippen molar-refractivity contribution in [3.05, 3.63) is 11.8 Å². The van der Waals surface area contributed by atoms with Crippen molar-refractivity contribution in [1.82, 2.24) is 9.78 Å². The molecular weight excluding hydrogens is 190 g/mol. The zero-order valence-electron chi connectivity index (χ0n) is 9.66. The Kier molecular flexibility index (Phi) is 2.46. The third kappa shape index (κ3) is 2.00. The molecule has 2 N–H and O–H groups in total. The molecule has 0 spiro atoms. The fourth-order valence-electron chi connectivity index (χ4n) is 1.78. The second-order valence-corrected chi connectivity index (χ2v) is 5.17. The van der Waals surface area contributed by atoms with Crippen LogP contribution in [0, 0.1) is 0 Å². The molecule has 4 nitrogen and oxygen atoms in total. The molecule has 15 heavy (non-hydrogen) atoms. The van der Waals surface area contributed by atoms with Gasteiger partial charge in [-0.05, 0) is 6.42 Å². The summed E-state index contributed by atoms with van der Waals surface area (Å²) in [6.07, 6.45) is 1.01. The van der Waals surface area contributed by atoms with Gasteiger partial charge in [-0.15, -0.1) is 0 Å². The minimum Gasteiger partial charge on any atom is -0.384 e. The summed E-state index contributed by atoms with van der Waals surface area (Å²) in [4.78, 5) is 0. The van der Waals surface area contributed by atoms with Crippen LogP contribution in [0.5, 0.6) is 0 Å². The number of hydrogen-bond donors (Lipinski definition) is 1. The highest BCUT2D eigenvalue weighted by Gasteiger charge is 2.24. The zero-order chi connectivity index (χ0) is 11.1. The van der Waals surface area contributed by atoms with E-state index in [1.165, 1.54) is 0 Å². The second kappa shape index (κ2) is 3.52. The normalized spacial score (nSPS) is 22.2. The first-order chi connectivity index (χ1) is 6.98. The molecule has 1 aromatic rings. The molecule has 1 atom stereocenters. The largest absolute Gasteiger partial charge is 0.384 e. The van der Waals surface area contributed by atoms with Crippen molar-refractivity contribution in [3.63, 3.8) is 0 Å². The van der Waals surface area contributed by atoms with Crippen LogP contribution in [0.15, 0.2) is 6.07 Å². The Morgan fingerprint density at radius 3 is 2.73 bits per heavy atom. The number of nitrogens with zero attached hydrogens (tertiary/aromatic N) is 2. The van der Waals surface area contributed by atoms with E-state index in [1.807, 2.05) is 10.7 Å². The summed E-state index contributed by atoms with van der Waals surface area (Å²) in [5.74, 6) is 0.746. The summed E-state index contributed by atoms with van der Waals surface area (Å²) in [5, 5.41) is 4.57. The van der Waals surface area contributed by atoms with E-state index < -0.39 is 0 Å². The Labute approximate surface area is 90.4 Å². The van der Waals surface area contributed by atoms with E-state index >= 15 is 0 Å². The molecule has 0 aromatic carbocycles. The number of rotatable bonds is 1. The lowest BCUT2D eigenvalue weighted by Gasteiger charge is -2.15. The molecule has 1 aromatic heterocycles. The molecule has 1 aliphatic heterocycles. The van der Waals surface area contributed by atoms with Crippen LogP contribution in [0.1, 0.15) is 38.9 Å². The SMILES string of the molecule is CC(C)(C)c1cc(N)n([C@@H]2CCOC2)n1. The molecule has 4 heteroatoms. The van der Waals surface area contributed by atoms with E-state index in [0.29, 0.717) is 6.04 Å². The van der Waals surface area contributed by atoms with Crippen LogP contribution in [0.3, 0.4) is 0 Å². The maximum atomic E-state index is 5.96. The Morgan fingerprint density at radius 2 is 2.27 bits per heavy atom. The predicted octanol–water partition coefficient (Wildman–Crippen LogP) is 1.72. The quantitative estimate of drug-likeness (QED) is 0.766. The van der Waals surface area contributed by atoms with Gasteiger partial charge >= 0.3 is 0 Å². The van der Waals surface area contributed by atoms with Crippen LogP contribution in [0.2, 0.25) is 0 Å². The molecule has 1 fully saturated rings. The third-order valence-electron chi connectivity index (χ3n) is 2.78. The fraction of sp³-hybridized carbons (Fsp3) is 0.727. The standard InChI is InChI=1S/C11H19N3O/c1-11(2,3)9-6-10(12)14(13-9)8-4-5-15-7-8/h6,8H,4-5,7,12H2,1-3H3/t8-/m1/s1. The van der Waals surface area contributed by atoms with E-state index in [-0.39, 0.29) is 5.41 Å². The summed E-state index contributed by atoms with van der Waals surface area (Å²) in [5.41, 5.74) is 7.07. The summed E-state index contributed by atoms with van der Waals surface area (Å²) in [6.45, 7) is 7.98. The third-order valence-corrected chi connectivity index (χ3v) is 2.78. The highest BCUT2D eigenvalue weighted by Crippen LogP contribution is 2.27. The number of nitrogen functional groups attached to an aromatic ring is 1. The van der Waals surface area contributed by atoms with Crippen LogP contribution in [0.25, 0.3) is 0 Å². The number of nitrogens with two attached hydrogens (primary N) is 1. The van der Waals surface area contributed by atoms with Gasteiger partial charge in [0.05, 0.1) is 18.3 Å². The molecule has 84 valence electrons. The number of anilines is 1. The minimum atomic E-state index is 0.0544. The molecule has 2 heterocycles. The summed E-state index contributed by atoms with van der Waals surface area (Å²) >= 11 is 0. The lowest BCUT2D eigenvalue weighted by Crippen LogP contribution is -2.16. The first kappa shape index (κ1) is 10.5. The van der Waals surface area contributed by atoms with E-state index in [4.69, 9.17) is 10.5 Å². The first-order valence-corrected chi connectivity index (χ1v) is 5.42. The van der Waals surface area contributed by atoms with Gasteiger partial charge in [0.1, 0.15) is 5.82 Å². The van der Waals surface area contributed by atoms with Crippen LogP contribution in [-0.2, 0) is 10.2 Å². The first-order valence-electron chi connectivity index (χ1n) is 5.42. The average molecular weight is 209 g/mol. The van der Waals surface area contributed by atoms with Crippen LogP contribution >= 0.6 is 0 Å². The fourth-order valence-corrected chi connectivity index (χ4v) is 1.78. The second-order valence-electron chi connectivity index (χ2n) is 5.17. The van der Waals surface area contributed by atoms with Gasteiger partial charge in [0.25, 0.3) is 0 Å². The molecule has 2 rings (SSSR count). The van der Waals surface area contributed by atoms with Gasteiger partial charge in [-0.3, -0.25) is 0 Å². The van der Waals surface area contributed by atoms with Crippen molar-refractivity contribution >= 4 is 5.82 Å². The Morgan fingerprint density at radius 1 is 1.53 bits per heavy atom. The molecule has 1 saturated heterocycles. The van der Waals surface area contributed by atoms with Gasteiger partial charge in [0.15, 0.2) is 0 Å².